The molecule has 0 spiro atoms. The van der Waals surface area contributed by atoms with Gasteiger partial charge in [0.15, 0.2) is 5.82 Å². The summed E-state index contributed by atoms with van der Waals surface area (Å²) in [6.07, 6.45) is -2.71. The Labute approximate surface area is 288 Å². The van der Waals surface area contributed by atoms with Crippen LogP contribution in [0.3, 0.4) is 0 Å². The summed E-state index contributed by atoms with van der Waals surface area (Å²) in [7, 11) is 0. The Hall–Kier alpha value is -5.04. The molecule has 2 aliphatic rings. The van der Waals surface area contributed by atoms with Crippen LogP contribution in [0.15, 0.2) is 52.2 Å². The zero-order valence-corrected chi connectivity index (χ0v) is 27.7. The van der Waals surface area contributed by atoms with Crippen LogP contribution >= 0.6 is 0 Å². The summed E-state index contributed by atoms with van der Waals surface area (Å²) in [4.78, 5) is 45.5. The first-order valence-electron chi connectivity index (χ1n) is 16.2. The van der Waals surface area contributed by atoms with Crippen molar-refractivity contribution in [3.8, 4) is 28.6 Å². The predicted octanol–water partition coefficient (Wildman–Crippen LogP) is 2.13. The van der Waals surface area contributed by atoms with E-state index in [2.05, 4.69) is 20.5 Å². The van der Waals surface area contributed by atoms with Crippen molar-refractivity contribution in [2.45, 2.75) is 51.0 Å². The number of anilines is 1. The Morgan fingerprint density at radius 1 is 1.08 bits per heavy atom. The van der Waals surface area contributed by atoms with Gasteiger partial charge >= 0.3 is 11.4 Å². The van der Waals surface area contributed by atoms with Crippen LogP contribution in [0.5, 0.6) is 11.5 Å². The van der Waals surface area contributed by atoms with E-state index in [0.717, 1.165) is 10.8 Å². The standard InChI is InChI=1S/C33H37F3N8O7/c1-18(2)22-12-23(26(47)13-25(22)46)29-39-40-32(50)44(29)20-4-3-19(24(34)11-20)15-41-7-9-42(10-8-41)16-28(48)37-27-5-6-43(31(49)38-27)30-33(35,36)14-21(17-45)51-30/h3-6,11-13,18,21,30,45-47H,7-10,14-17H2,1-2H3,(H,40,50)(H,37,38,48,49). The first kappa shape index (κ1) is 35.8. The molecule has 0 radical (unpaired) electrons. The normalized spacial score (nSPS) is 19.5. The number of aromatic hydroxyl groups is 2. The minimum atomic E-state index is -3.38. The Bertz CT molecular complexity index is 2040. The maximum absolute atomic E-state index is 15.4. The second kappa shape index (κ2) is 14.3. The number of aliphatic hydroxyl groups excluding tert-OH is 1. The maximum Gasteiger partial charge on any atom is 0.351 e. The molecule has 18 heteroatoms. The molecule has 0 aliphatic carbocycles. The average molecular weight is 715 g/mol. The van der Waals surface area contributed by atoms with Crippen molar-refractivity contribution in [2.24, 2.45) is 0 Å². The summed E-state index contributed by atoms with van der Waals surface area (Å²) in [6, 6.07) is 8.28. The third kappa shape index (κ3) is 7.53. The van der Waals surface area contributed by atoms with E-state index in [1.54, 1.807) is 12.1 Å². The predicted molar refractivity (Wildman–Crippen MR) is 176 cm³/mol. The number of H-pyrrole nitrogens is 1. The van der Waals surface area contributed by atoms with Crippen LogP contribution in [0.25, 0.3) is 17.1 Å². The SMILES string of the molecule is CC(C)c1cc(-c2n[nH]c(=O)n2-c2ccc(CN3CCN(CC(=O)Nc4ccn(C5OC(CO)CC5(F)F)c(=O)n4)CC3)c(F)c2)c(O)cc1O. The maximum atomic E-state index is 15.4. The van der Waals surface area contributed by atoms with Crippen molar-refractivity contribution in [3.63, 3.8) is 0 Å². The Balaban J connectivity index is 1.04. The molecule has 2 fully saturated rings. The Morgan fingerprint density at radius 2 is 1.80 bits per heavy atom. The fourth-order valence-electron chi connectivity index (χ4n) is 6.26. The highest BCUT2D eigenvalue weighted by atomic mass is 19.3. The number of nitrogens with zero attached hydrogens (tertiary/aromatic N) is 6. The smallest absolute Gasteiger partial charge is 0.351 e. The van der Waals surface area contributed by atoms with Crippen molar-refractivity contribution in [1.29, 1.82) is 0 Å². The molecule has 2 aromatic carbocycles. The third-order valence-electron chi connectivity index (χ3n) is 8.94. The number of amides is 1. The second-order valence-corrected chi connectivity index (χ2v) is 12.9. The van der Waals surface area contributed by atoms with Gasteiger partial charge in [-0.25, -0.2) is 32.4 Å². The summed E-state index contributed by atoms with van der Waals surface area (Å²) in [5.41, 5.74) is -0.391. The van der Waals surface area contributed by atoms with Gasteiger partial charge in [0.25, 0.3) is 5.92 Å². The molecule has 2 aromatic heterocycles. The van der Waals surface area contributed by atoms with E-state index >= 15 is 4.39 Å². The number of nitrogens with one attached hydrogen (secondary N) is 2. The quantitative estimate of drug-likeness (QED) is 0.162. The number of ether oxygens (including phenoxy) is 1. The van der Waals surface area contributed by atoms with Crippen LogP contribution in [0.1, 0.15) is 43.5 Å². The largest absolute Gasteiger partial charge is 0.508 e. The summed E-state index contributed by atoms with van der Waals surface area (Å²) in [5.74, 6) is -4.95. The molecule has 2 saturated heterocycles. The topological polar surface area (TPSA) is 191 Å². The molecular formula is C33H37F3N8O7. The van der Waals surface area contributed by atoms with E-state index < -0.39 is 54.4 Å². The van der Waals surface area contributed by atoms with Crippen molar-refractivity contribution >= 4 is 11.7 Å². The molecule has 6 rings (SSSR count). The van der Waals surface area contributed by atoms with Gasteiger partial charge in [-0.3, -0.25) is 19.2 Å². The number of hydrogen-bond donors (Lipinski definition) is 5. The van der Waals surface area contributed by atoms with Gasteiger partial charge in [0.1, 0.15) is 23.1 Å². The number of aromatic nitrogens is 5. The lowest BCUT2D eigenvalue weighted by molar-refractivity contribution is -0.120. The monoisotopic (exact) mass is 714 g/mol. The Kier molecular flexibility index (Phi) is 10.0. The summed E-state index contributed by atoms with van der Waals surface area (Å²) in [5, 5.41) is 38.8. The number of rotatable bonds is 10. The summed E-state index contributed by atoms with van der Waals surface area (Å²) >= 11 is 0. The molecule has 2 atom stereocenters. The number of aliphatic hydroxyl groups is 1. The van der Waals surface area contributed by atoms with Gasteiger partial charge in [-0.2, -0.15) is 10.1 Å². The number of piperazine rings is 1. The minimum absolute atomic E-state index is 0.0271. The van der Waals surface area contributed by atoms with Gasteiger partial charge in [-0.05, 0) is 35.7 Å². The number of benzene rings is 2. The highest BCUT2D eigenvalue weighted by Crippen LogP contribution is 2.42. The highest BCUT2D eigenvalue weighted by Gasteiger charge is 2.51. The molecule has 272 valence electrons. The fourth-order valence-corrected chi connectivity index (χ4v) is 6.26. The van der Waals surface area contributed by atoms with Crippen LogP contribution in [0, 0.1) is 5.82 Å². The van der Waals surface area contributed by atoms with Gasteiger partial charge in [-0.1, -0.05) is 19.9 Å². The van der Waals surface area contributed by atoms with Crippen LogP contribution in [-0.2, 0) is 16.1 Å². The highest BCUT2D eigenvalue weighted by molar-refractivity contribution is 5.91. The number of aromatic amines is 1. The molecule has 4 heterocycles. The van der Waals surface area contributed by atoms with Gasteiger partial charge in [0.05, 0.1) is 30.5 Å². The number of carbonyl (C=O) groups is 1. The molecule has 2 unspecified atom stereocenters. The van der Waals surface area contributed by atoms with Gasteiger partial charge in [0, 0.05) is 57.0 Å². The van der Waals surface area contributed by atoms with E-state index in [0.29, 0.717) is 41.9 Å². The molecule has 1 amide bonds. The van der Waals surface area contributed by atoms with E-state index in [4.69, 9.17) is 9.84 Å². The van der Waals surface area contributed by atoms with E-state index in [-0.39, 0.29) is 53.4 Å². The zero-order valence-electron chi connectivity index (χ0n) is 27.7. The minimum Gasteiger partial charge on any atom is -0.508 e. The molecule has 2 aliphatic heterocycles. The number of hydrogen-bond acceptors (Lipinski definition) is 11. The molecule has 5 N–H and O–H groups in total. The first-order chi connectivity index (χ1) is 24.2. The number of alkyl halides is 2. The van der Waals surface area contributed by atoms with Gasteiger partial charge in [-0.15, -0.1) is 0 Å². The van der Waals surface area contributed by atoms with E-state index in [1.165, 1.54) is 24.3 Å². The first-order valence-corrected chi connectivity index (χ1v) is 16.2. The van der Waals surface area contributed by atoms with Crippen molar-refractivity contribution in [2.75, 3.05) is 44.6 Å². The van der Waals surface area contributed by atoms with Gasteiger partial charge < -0.3 is 25.4 Å². The molecule has 15 nitrogen and oxygen atoms in total. The number of phenols is 2. The van der Waals surface area contributed by atoms with E-state index in [9.17, 15) is 33.4 Å². The number of phenolic OH excluding ortho intramolecular Hbond substituents is 2. The van der Waals surface area contributed by atoms with E-state index in [1.807, 2.05) is 23.6 Å². The fraction of sp³-hybridized carbons (Fsp3) is 0.424. The Morgan fingerprint density at radius 3 is 2.45 bits per heavy atom. The second-order valence-electron chi connectivity index (χ2n) is 12.9. The van der Waals surface area contributed by atoms with Crippen LogP contribution < -0.4 is 16.7 Å². The molecule has 4 aromatic rings. The zero-order chi connectivity index (χ0) is 36.6. The van der Waals surface area contributed by atoms with Crippen LogP contribution in [0.4, 0.5) is 19.0 Å². The molecule has 51 heavy (non-hydrogen) atoms. The van der Waals surface area contributed by atoms with Crippen molar-refractivity contribution in [3.05, 3.63) is 80.5 Å². The lowest BCUT2D eigenvalue weighted by atomic mass is 9.98. The summed E-state index contributed by atoms with van der Waals surface area (Å²) in [6.45, 7) is 5.32. The molecule has 0 bridgehead atoms. The third-order valence-corrected chi connectivity index (χ3v) is 8.94. The van der Waals surface area contributed by atoms with Crippen molar-refractivity contribution < 1.29 is 38.0 Å². The molecule has 0 saturated carbocycles. The van der Waals surface area contributed by atoms with Crippen molar-refractivity contribution in [1.82, 2.24) is 34.1 Å². The lowest BCUT2D eigenvalue weighted by Gasteiger charge is -2.34. The van der Waals surface area contributed by atoms with Gasteiger partial charge in [0.2, 0.25) is 12.1 Å². The number of halogens is 3. The number of carbonyl (C=O) groups excluding carboxylic acids is 1. The molecular weight excluding hydrogens is 677 g/mol. The lowest BCUT2D eigenvalue weighted by Crippen LogP contribution is -2.48. The summed E-state index contributed by atoms with van der Waals surface area (Å²) < 4.78 is 50.9. The van der Waals surface area contributed by atoms with Crippen LogP contribution in [-0.4, -0.2) is 107 Å². The average Bonchev–Trinajstić information content (AvgIpc) is 3.60. The van der Waals surface area contributed by atoms with Crippen LogP contribution in [0.2, 0.25) is 0 Å².